The zero-order valence-corrected chi connectivity index (χ0v) is 10.7. The largest absolute Gasteiger partial charge is 0.361 e. The van der Waals surface area contributed by atoms with Gasteiger partial charge >= 0.3 is 0 Å². The van der Waals surface area contributed by atoms with Crippen LogP contribution in [0.25, 0.3) is 0 Å². The Bertz CT molecular complexity index is 376. The number of aromatic nitrogens is 1. The monoisotopic (exact) mass is 236 g/mol. The Morgan fingerprint density at radius 3 is 2.76 bits per heavy atom. The van der Waals surface area contributed by atoms with Gasteiger partial charge in [0.05, 0.1) is 12.2 Å². The van der Waals surface area contributed by atoms with E-state index in [-0.39, 0.29) is 0 Å². The molecule has 2 N–H and O–H groups in total. The van der Waals surface area contributed by atoms with Gasteiger partial charge in [0.2, 0.25) is 0 Å². The van der Waals surface area contributed by atoms with E-state index >= 15 is 0 Å². The van der Waals surface area contributed by atoms with Crippen molar-refractivity contribution in [2.75, 3.05) is 13.1 Å². The van der Waals surface area contributed by atoms with Crippen LogP contribution in [0.15, 0.2) is 22.2 Å². The van der Waals surface area contributed by atoms with E-state index in [4.69, 9.17) is 4.52 Å². The molecule has 0 atom stereocenters. The summed E-state index contributed by atoms with van der Waals surface area (Å²) in [5.41, 5.74) is 1.94. The van der Waals surface area contributed by atoms with Crippen LogP contribution in [-0.2, 0) is 6.54 Å². The van der Waals surface area contributed by atoms with Gasteiger partial charge in [-0.2, -0.15) is 0 Å². The first-order valence-corrected chi connectivity index (χ1v) is 5.73. The Morgan fingerprint density at radius 1 is 1.47 bits per heavy atom. The third kappa shape index (κ3) is 3.94. The molecule has 1 rings (SSSR count). The number of guanidine groups is 1. The maximum atomic E-state index is 5.09. The highest BCUT2D eigenvalue weighted by Crippen LogP contribution is 2.12. The fourth-order valence-electron chi connectivity index (χ4n) is 1.40. The SMILES string of the molecule is C=CCNC(=NCc1c(C)noc1C)NCC. The van der Waals surface area contributed by atoms with E-state index in [0.29, 0.717) is 13.1 Å². The number of rotatable bonds is 5. The maximum absolute atomic E-state index is 5.09. The molecule has 1 aromatic rings. The van der Waals surface area contributed by atoms with Crippen LogP contribution in [0.2, 0.25) is 0 Å². The van der Waals surface area contributed by atoms with Gasteiger partial charge in [0.1, 0.15) is 5.76 Å². The molecule has 0 saturated heterocycles. The minimum Gasteiger partial charge on any atom is -0.361 e. The molecular weight excluding hydrogens is 216 g/mol. The normalized spacial score (nSPS) is 11.4. The molecule has 0 saturated carbocycles. The van der Waals surface area contributed by atoms with E-state index < -0.39 is 0 Å². The lowest BCUT2D eigenvalue weighted by Gasteiger charge is -2.09. The van der Waals surface area contributed by atoms with Gasteiger partial charge in [-0.3, -0.25) is 0 Å². The summed E-state index contributed by atoms with van der Waals surface area (Å²) in [5.74, 6) is 1.60. The first kappa shape index (κ1) is 13.3. The van der Waals surface area contributed by atoms with E-state index in [1.807, 2.05) is 20.8 Å². The lowest BCUT2D eigenvalue weighted by Crippen LogP contribution is -2.37. The maximum Gasteiger partial charge on any atom is 0.191 e. The summed E-state index contributed by atoms with van der Waals surface area (Å²) in [6.45, 7) is 11.6. The molecule has 0 bridgehead atoms. The van der Waals surface area contributed by atoms with Crippen molar-refractivity contribution in [2.24, 2.45) is 4.99 Å². The average molecular weight is 236 g/mol. The summed E-state index contributed by atoms with van der Waals surface area (Å²) in [4.78, 5) is 4.46. The predicted molar refractivity (Wildman–Crippen MR) is 69.0 cm³/mol. The second kappa shape index (κ2) is 6.73. The van der Waals surface area contributed by atoms with Crippen molar-refractivity contribution in [3.63, 3.8) is 0 Å². The molecule has 0 amide bonds. The molecule has 17 heavy (non-hydrogen) atoms. The fraction of sp³-hybridized carbons (Fsp3) is 0.500. The van der Waals surface area contributed by atoms with Crippen molar-refractivity contribution in [3.8, 4) is 0 Å². The Balaban J connectivity index is 2.67. The molecule has 1 heterocycles. The second-order valence-electron chi connectivity index (χ2n) is 3.67. The molecule has 0 aliphatic heterocycles. The van der Waals surface area contributed by atoms with Gasteiger partial charge in [-0.1, -0.05) is 11.2 Å². The van der Waals surface area contributed by atoms with Gasteiger partial charge in [0.15, 0.2) is 5.96 Å². The van der Waals surface area contributed by atoms with Gasteiger partial charge in [0, 0.05) is 18.7 Å². The van der Waals surface area contributed by atoms with Crippen molar-refractivity contribution >= 4 is 5.96 Å². The molecule has 5 nitrogen and oxygen atoms in total. The summed E-state index contributed by atoms with van der Waals surface area (Å²) < 4.78 is 5.09. The van der Waals surface area contributed by atoms with Crippen molar-refractivity contribution in [2.45, 2.75) is 27.3 Å². The lowest BCUT2D eigenvalue weighted by atomic mass is 10.2. The van der Waals surface area contributed by atoms with Gasteiger partial charge in [0.25, 0.3) is 0 Å². The molecule has 94 valence electrons. The topological polar surface area (TPSA) is 62.5 Å². The molecule has 0 spiro atoms. The van der Waals surface area contributed by atoms with Crippen LogP contribution in [0.3, 0.4) is 0 Å². The van der Waals surface area contributed by atoms with E-state index in [0.717, 1.165) is 29.5 Å². The average Bonchev–Trinajstić information content (AvgIpc) is 2.63. The van der Waals surface area contributed by atoms with Crippen LogP contribution in [0.5, 0.6) is 0 Å². The number of nitrogens with one attached hydrogen (secondary N) is 2. The van der Waals surface area contributed by atoms with Gasteiger partial charge in [-0.25, -0.2) is 4.99 Å². The van der Waals surface area contributed by atoms with Gasteiger partial charge in [-0.05, 0) is 20.8 Å². The smallest absolute Gasteiger partial charge is 0.191 e. The lowest BCUT2D eigenvalue weighted by molar-refractivity contribution is 0.392. The van der Waals surface area contributed by atoms with Gasteiger partial charge < -0.3 is 15.2 Å². The summed E-state index contributed by atoms with van der Waals surface area (Å²) in [5, 5.41) is 10.2. The molecule has 5 heteroatoms. The van der Waals surface area contributed by atoms with E-state index in [2.05, 4.69) is 27.4 Å². The van der Waals surface area contributed by atoms with E-state index in [1.165, 1.54) is 0 Å². The summed E-state index contributed by atoms with van der Waals surface area (Å²) in [6, 6.07) is 0. The molecule has 0 aliphatic carbocycles. The molecule has 0 unspecified atom stereocenters. The highest BCUT2D eigenvalue weighted by molar-refractivity contribution is 5.79. The highest BCUT2D eigenvalue weighted by atomic mass is 16.5. The van der Waals surface area contributed by atoms with Crippen LogP contribution in [0.4, 0.5) is 0 Å². The first-order chi connectivity index (χ1) is 8.19. The molecule has 0 radical (unpaired) electrons. The first-order valence-electron chi connectivity index (χ1n) is 5.73. The summed E-state index contributed by atoms with van der Waals surface area (Å²) >= 11 is 0. The van der Waals surface area contributed by atoms with Crippen LogP contribution in [-0.4, -0.2) is 24.2 Å². The molecule has 0 aromatic carbocycles. The third-order valence-electron chi connectivity index (χ3n) is 2.33. The quantitative estimate of drug-likeness (QED) is 0.462. The second-order valence-corrected chi connectivity index (χ2v) is 3.67. The van der Waals surface area contributed by atoms with Crippen LogP contribution in [0.1, 0.15) is 23.9 Å². The van der Waals surface area contributed by atoms with Crippen molar-refractivity contribution in [1.29, 1.82) is 0 Å². The Hall–Kier alpha value is -1.78. The summed E-state index contributed by atoms with van der Waals surface area (Å²) in [7, 11) is 0. The molecule has 0 fully saturated rings. The number of aryl methyl sites for hydroxylation is 2. The van der Waals surface area contributed by atoms with Crippen LogP contribution >= 0.6 is 0 Å². The Morgan fingerprint density at radius 2 is 2.24 bits per heavy atom. The number of hydrogen-bond acceptors (Lipinski definition) is 3. The molecule has 1 aromatic heterocycles. The summed E-state index contributed by atoms with van der Waals surface area (Å²) in [6.07, 6.45) is 1.79. The highest BCUT2D eigenvalue weighted by Gasteiger charge is 2.08. The van der Waals surface area contributed by atoms with Gasteiger partial charge in [-0.15, -0.1) is 6.58 Å². The minimum absolute atomic E-state index is 0.563. The number of hydrogen-bond donors (Lipinski definition) is 2. The van der Waals surface area contributed by atoms with Crippen molar-refractivity contribution in [1.82, 2.24) is 15.8 Å². The molecular formula is C12H20N4O. The fourth-order valence-corrected chi connectivity index (χ4v) is 1.40. The minimum atomic E-state index is 0.563. The van der Waals surface area contributed by atoms with Crippen LogP contribution in [0, 0.1) is 13.8 Å². The zero-order valence-electron chi connectivity index (χ0n) is 10.7. The third-order valence-corrected chi connectivity index (χ3v) is 2.33. The molecule has 0 aliphatic rings. The predicted octanol–water partition coefficient (Wildman–Crippen LogP) is 1.53. The van der Waals surface area contributed by atoms with E-state index in [9.17, 15) is 0 Å². The zero-order chi connectivity index (χ0) is 12.7. The van der Waals surface area contributed by atoms with Crippen LogP contribution < -0.4 is 10.6 Å². The Kier molecular flexibility index (Phi) is 5.26. The number of nitrogens with zero attached hydrogens (tertiary/aromatic N) is 2. The van der Waals surface area contributed by atoms with Crippen molar-refractivity contribution < 1.29 is 4.52 Å². The van der Waals surface area contributed by atoms with Crippen molar-refractivity contribution in [3.05, 3.63) is 29.7 Å². The Labute approximate surface area is 102 Å². The standard InChI is InChI=1S/C12H20N4O/c1-5-7-14-12(13-6-2)15-8-11-9(3)16-17-10(11)4/h5H,1,6-8H2,2-4H3,(H2,13,14,15). The van der Waals surface area contributed by atoms with E-state index in [1.54, 1.807) is 6.08 Å². The number of aliphatic imine (C=N–C) groups is 1.